The minimum Gasteiger partial charge on any atom is -0.200 e. The Labute approximate surface area is 141 Å². The lowest BCUT2D eigenvalue weighted by atomic mass is 9.88. The second-order valence-electron chi connectivity index (χ2n) is 5.17. The molecule has 0 fully saturated rings. The number of hydrogen-bond donors (Lipinski definition) is 0. The van der Waals surface area contributed by atoms with Crippen molar-refractivity contribution in [3.8, 4) is 0 Å². The number of alkyl halides is 16. The van der Waals surface area contributed by atoms with Gasteiger partial charge in [0, 0.05) is 6.92 Å². The summed E-state index contributed by atoms with van der Waals surface area (Å²) in [6, 6.07) is 0. The van der Waals surface area contributed by atoms with Gasteiger partial charge in [-0.3, -0.25) is 0 Å². The third-order valence-electron chi connectivity index (χ3n) is 3.15. The van der Waals surface area contributed by atoms with Gasteiger partial charge in [-0.1, -0.05) is 0 Å². The van der Waals surface area contributed by atoms with Crippen LogP contribution in [0.3, 0.4) is 0 Å². The molecule has 28 heavy (non-hydrogen) atoms. The standard InChI is InChI=1S/C10H3F18/c1-3(13,14)5(17,18)7(21,22)9(25,26)10(27,28)8(23,24)6(19,20)4(15,16)2(11)12/h1H3. The lowest BCUT2D eigenvalue weighted by molar-refractivity contribution is -0.453. The van der Waals surface area contributed by atoms with Crippen molar-refractivity contribution in [1.82, 2.24) is 0 Å². The zero-order valence-corrected chi connectivity index (χ0v) is 12.3. The van der Waals surface area contributed by atoms with Crippen LogP contribution in [-0.4, -0.2) is 47.4 Å². The summed E-state index contributed by atoms with van der Waals surface area (Å²) in [5, 5.41) is 0. The van der Waals surface area contributed by atoms with Crippen LogP contribution >= 0.6 is 0 Å². The van der Waals surface area contributed by atoms with Gasteiger partial charge in [0.2, 0.25) is 0 Å². The molecule has 0 aliphatic rings. The van der Waals surface area contributed by atoms with Crippen LogP contribution in [0.2, 0.25) is 0 Å². The van der Waals surface area contributed by atoms with Crippen LogP contribution in [0.25, 0.3) is 0 Å². The summed E-state index contributed by atoms with van der Waals surface area (Å²) in [5.74, 6) is -64.0. The van der Waals surface area contributed by atoms with Gasteiger partial charge in [-0.25, -0.2) is 0 Å². The molecule has 0 aliphatic heterocycles. The third kappa shape index (κ3) is 3.04. The highest BCUT2D eigenvalue weighted by molar-refractivity contribution is 5.17. The van der Waals surface area contributed by atoms with E-state index in [9.17, 15) is 79.0 Å². The quantitative estimate of drug-likeness (QED) is 0.359. The van der Waals surface area contributed by atoms with Crippen molar-refractivity contribution < 1.29 is 79.0 Å². The molecule has 0 aromatic carbocycles. The van der Waals surface area contributed by atoms with E-state index in [1.165, 1.54) is 0 Å². The fraction of sp³-hybridized carbons (Fsp3) is 0.900. The molecule has 0 nitrogen and oxygen atoms in total. The SMILES string of the molecule is CC(F)(F)C(F)(F)C(F)(F)C(F)(F)C(F)(F)C(F)(F)C(F)(F)C(F)(F)[C](F)F. The summed E-state index contributed by atoms with van der Waals surface area (Å²) in [7, 11) is 0. The fourth-order valence-corrected chi connectivity index (χ4v) is 1.38. The van der Waals surface area contributed by atoms with E-state index in [-0.39, 0.29) is 0 Å². The third-order valence-corrected chi connectivity index (χ3v) is 3.15. The maximum Gasteiger partial charge on any atom is 0.385 e. The molecule has 0 aromatic heterocycles. The molecule has 0 rings (SSSR count). The monoisotopic (exact) mass is 465 g/mol. The minimum absolute atomic E-state index is 1.29. The average Bonchev–Trinajstić information content (AvgIpc) is 2.44. The van der Waals surface area contributed by atoms with E-state index >= 15 is 0 Å². The summed E-state index contributed by atoms with van der Waals surface area (Å²) < 4.78 is 228. The molecule has 0 heterocycles. The van der Waals surface area contributed by atoms with Crippen LogP contribution in [0.5, 0.6) is 0 Å². The van der Waals surface area contributed by atoms with Crippen molar-refractivity contribution in [2.45, 2.75) is 54.3 Å². The molecule has 0 saturated carbocycles. The van der Waals surface area contributed by atoms with Crippen molar-refractivity contribution in [3.05, 3.63) is 6.43 Å². The molecule has 0 aliphatic carbocycles. The van der Waals surface area contributed by atoms with Gasteiger partial charge in [-0.15, -0.1) is 0 Å². The molecule has 1 radical (unpaired) electrons. The largest absolute Gasteiger partial charge is 0.385 e. The first kappa shape index (κ1) is 26.7. The topological polar surface area (TPSA) is 0 Å². The Morgan fingerprint density at radius 3 is 0.821 bits per heavy atom. The highest BCUT2D eigenvalue weighted by Crippen LogP contribution is 2.64. The Morgan fingerprint density at radius 2 is 0.607 bits per heavy atom. The van der Waals surface area contributed by atoms with E-state index in [2.05, 4.69) is 0 Å². The van der Waals surface area contributed by atoms with E-state index in [0.717, 1.165) is 0 Å². The predicted molar refractivity (Wildman–Crippen MR) is 50.7 cm³/mol. The number of rotatable bonds is 8. The summed E-state index contributed by atoms with van der Waals surface area (Å²) in [5.41, 5.74) is 0. The van der Waals surface area contributed by atoms with Gasteiger partial charge in [0.1, 0.15) is 0 Å². The Hall–Kier alpha value is -1.26. The molecule has 0 aromatic rings. The second kappa shape index (κ2) is 6.37. The lowest BCUT2D eigenvalue weighted by Crippen LogP contribution is -2.74. The van der Waals surface area contributed by atoms with Gasteiger partial charge < -0.3 is 0 Å². The summed E-state index contributed by atoms with van der Waals surface area (Å²) in [6.07, 6.45) is -5.08. The van der Waals surface area contributed by atoms with Crippen molar-refractivity contribution in [3.63, 3.8) is 0 Å². The van der Waals surface area contributed by atoms with Crippen molar-refractivity contribution >= 4 is 0 Å². The first-order valence-corrected chi connectivity index (χ1v) is 5.90. The van der Waals surface area contributed by atoms with Crippen LogP contribution in [0, 0.1) is 6.43 Å². The Bertz CT molecular complexity index is 565. The molecule has 0 atom stereocenters. The molecule has 18 heteroatoms. The van der Waals surface area contributed by atoms with Gasteiger partial charge in [0.15, 0.2) is 0 Å². The summed E-state index contributed by atoms with van der Waals surface area (Å²) >= 11 is 0. The molecular formula is C10H3F18. The maximum atomic E-state index is 13.1. The molecule has 0 N–H and O–H groups in total. The van der Waals surface area contributed by atoms with Crippen LogP contribution in [0.1, 0.15) is 6.92 Å². The minimum atomic E-state index is -8.68. The normalized spacial score (nSPS) is 16.7. The highest BCUT2D eigenvalue weighted by Gasteiger charge is 2.95. The van der Waals surface area contributed by atoms with E-state index < -0.39 is 60.7 Å². The second-order valence-corrected chi connectivity index (χ2v) is 5.17. The lowest BCUT2D eigenvalue weighted by Gasteiger charge is -2.43. The summed E-state index contributed by atoms with van der Waals surface area (Å²) in [4.78, 5) is 0. The van der Waals surface area contributed by atoms with Crippen LogP contribution < -0.4 is 0 Å². The average molecular weight is 465 g/mol. The molecule has 0 spiro atoms. The van der Waals surface area contributed by atoms with E-state index in [1.807, 2.05) is 0 Å². The molecule has 0 bridgehead atoms. The maximum absolute atomic E-state index is 13.1. The van der Waals surface area contributed by atoms with Crippen LogP contribution in [0.15, 0.2) is 0 Å². The van der Waals surface area contributed by atoms with E-state index in [1.54, 1.807) is 0 Å². The molecule has 169 valence electrons. The molecule has 0 unspecified atom stereocenters. The predicted octanol–water partition coefficient (Wildman–Crippen LogP) is 6.52. The Kier molecular flexibility index (Phi) is 6.08. The number of halogens is 18. The summed E-state index contributed by atoms with van der Waals surface area (Å²) in [6.45, 7) is -1.29. The highest BCUT2D eigenvalue weighted by atomic mass is 19.4. The van der Waals surface area contributed by atoms with Crippen molar-refractivity contribution in [2.24, 2.45) is 0 Å². The van der Waals surface area contributed by atoms with Crippen LogP contribution in [0.4, 0.5) is 79.0 Å². The fourth-order valence-electron chi connectivity index (χ4n) is 1.38. The first-order chi connectivity index (χ1) is 11.7. The molecular weight excluding hydrogens is 462 g/mol. The number of hydrogen-bond acceptors (Lipinski definition) is 0. The van der Waals surface area contributed by atoms with Gasteiger partial charge in [-0.05, 0) is 0 Å². The molecule has 0 saturated heterocycles. The Morgan fingerprint density at radius 1 is 0.393 bits per heavy atom. The van der Waals surface area contributed by atoms with E-state index in [4.69, 9.17) is 0 Å². The van der Waals surface area contributed by atoms with E-state index in [0.29, 0.717) is 0 Å². The molecule has 0 amide bonds. The van der Waals surface area contributed by atoms with Gasteiger partial charge in [0.25, 0.3) is 0 Å². The zero-order chi connectivity index (χ0) is 23.6. The first-order valence-electron chi connectivity index (χ1n) is 5.90. The van der Waals surface area contributed by atoms with Gasteiger partial charge in [0.05, 0.1) is 0 Å². The smallest absolute Gasteiger partial charge is 0.200 e. The Balaban J connectivity index is 6.72. The van der Waals surface area contributed by atoms with Crippen molar-refractivity contribution in [2.75, 3.05) is 0 Å². The van der Waals surface area contributed by atoms with Crippen molar-refractivity contribution in [1.29, 1.82) is 0 Å². The van der Waals surface area contributed by atoms with Crippen LogP contribution in [-0.2, 0) is 0 Å². The van der Waals surface area contributed by atoms with Gasteiger partial charge in [-0.2, -0.15) is 79.0 Å². The van der Waals surface area contributed by atoms with Gasteiger partial charge >= 0.3 is 53.8 Å². The zero-order valence-electron chi connectivity index (χ0n) is 12.3.